The van der Waals surface area contributed by atoms with Crippen molar-refractivity contribution in [3.8, 4) is 0 Å². The molecule has 1 saturated heterocycles. The molecule has 0 bridgehead atoms. The molecule has 0 radical (unpaired) electrons. The molecular formula is C13H20ClN3. The van der Waals surface area contributed by atoms with E-state index >= 15 is 0 Å². The van der Waals surface area contributed by atoms with Gasteiger partial charge in [-0.15, -0.1) is 0 Å². The van der Waals surface area contributed by atoms with Crippen LogP contribution in [0.25, 0.3) is 0 Å². The number of halogens is 1. The van der Waals surface area contributed by atoms with Crippen molar-refractivity contribution in [2.24, 2.45) is 0 Å². The van der Waals surface area contributed by atoms with Crippen LogP contribution in [0.1, 0.15) is 26.2 Å². The summed E-state index contributed by atoms with van der Waals surface area (Å²) in [5.74, 6) is 0.921. The fourth-order valence-corrected chi connectivity index (χ4v) is 2.58. The van der Waals surface area contributed by atoms with Gasteiger partial charge in [-0.3, -0.25) is 0 Å². The minimum Gasteiger partial charge on any atom is -0.354 e. The summed E-state index contributed by atoms with van der Waals surface area (Å²) in [6, 6.07) is 4.37. The Morgan fingerprint density at radius 2 is 2.47 bits per heavy atom. The third-order valence-corrected chi connectivity index (χ3v) is 3.43. The van der Waals surface area contributed by atoms with Crippen molar-refractivity contribution in [3.63, 3.8) is 0 Å². The maximum absolute atomic E-state index is 6.22. The molecule has 1 aliphatic heterocycles. The number of hydrogen-bond acceptors (Lipinski definition) is 3. The second-order valence-electron chi connectivity index (χ2n) is 4.55. The van der Waals surface area contributed by atoms with Gasteiger partial charge in [0.2, 0.25) is 0 Å². The number of rotatable bonds is 5. The average molecular weight is 254 g/mol. The third kappa shape index (κ3) is 3.33. The van der Waals surface area contributed by atoms with Gasteiger partial charge in [0.05, 0.1) is 5.02 Å². The Bertz CT molecular complexity index is 350. The predicted molar refractivity (Wildman–Crippen MR) is 72.8 cm³/mol. The normalized spacial score (nSPS) is 19.5. The maximum atomic E-state index is 6.22. The van der Waals surface area contributed by atoms with Crippen LogP contribution >= 0.6 is 11.6 Å². The van der Waals surface area contributed by atoms with Gasteiger partial charge in [-0.05, 0) is 37.9 Å². The number of aromatic nitrogens is 1. The molecule has 0 saturated carbocycles. The molecule has 1 aromatic rings. The van der Waals surface area contributed by atoms with Crippen molar-refractivity contribution < 1.29 is 0 Å². The second-order valence-corrected chi connectivity index (χ2v) is 4.96. The summed E-state index contributed by atoms with van der Waals surface area (Å²) in [5.41, 5.74) is 0. The van der Waals surface area contributed by atoms with Crippen molar-refractivity contribution in [2.75, 3.05) is 24.5 Å². The average Bonchev–Trinajstić information content (AvgIpc) is 2.82. The van der Waals surface area contributed by atoms with Crippen molar-refractivity contribution in [1.82, 2.24) is 10.3 Å². The van der Waals surface area contributed by atoms with E-state index in [1.807, 2.05) is 18.3 Å². The highest BCUT2D eigenvalue weighted by atomic mass is 35.5. The molecule has 4 heteroatoms. The standard InChI is InChI=1S/C13H20ClN3/c1-2-9-17(10-11-5-3-7-15-11)13-12(14)6-4-8-16-13/h4,6,8,11,15H,2-3,5,7,9-10H2,1H3. The molecular weight excluding hydrogens is 234 g/mol. The first-order chi connectivity index (χ1) is 8.31. The van der Waals surface area contributed by atoms with Crippen molar-refractivity contribution >= 4 is 17.4 Å². The van der Waals surface area contributed by atoms with E-state index in [0.717, 1.165) is 36.9 Å². The maximum Gasteiger partial charge on any atom is 0.147 e. The van der Waals surface area contributed by atoms with Gasteiger partial charge < -0.3 is 10.2 Å². The molecule has 0 spiro atoms. The summed E-state index contributed by atoms with van der Waals surface area (Å²) in [6.07, 6.45) is 5.46. The van der Waals surface area contributed by atoms with Crippen LogP contribution in [0, 0.1) is 0 Å². The Kier molecular flexibility index (Phi) is 4.63. The molecule has 2 rings (SSSR count). The van der Waals surface area contributed by atoms with Crippen LogP contribution in [0.15, 0.2) is 18.3 Å². The lowest BCUT2D eigenvalue weighted by atomic mass is 10.2. The van der Waals surface area contributed by atoms with Gasteiger partial charge in [-0.1, -0.05) is 18.5 Å². The first-order valence-corrected chi connectivity index (χ1v) is 6.78. The van der Waals surface area contributed by atoms with Gasteiger partial charge in [0.25, 0.3) is 0 Å². The molecule has 1 aromatic heterocycles. The lowest BCUT2D eigenvalue weighted by Crippen LogP contribution is -2.38. The molecule has 0 aromatic carbocycles. The molecule has 0 amide bonds. The van der Waals surface area contributed by atoms with E-state index in [1.165, 1.54) is 12.8 Å². The largest absolute Gasteiger partial charge is 0.354 e. The molecule has 1 aliphatic rings. The van der Waals surface area contributed by atoms with Crippen molar-refractivity contribution in [1.29, 1.82) is 0 Å². The number of pyridine rings is 1. The number of anilines is 1. The molecule has 1 fully saturated rings. The van der Waals surface area contributed by atoms with Crippen LogP contribution < -0.4 is 10.2 Å². The third-order valence-electron chi connectivity index (χ3n) is 3.14. The molecule has 3 nitrogen and oxygen atoms in total. The second kappa shape index (κ2) is 6.22. The molecule has 1 atom stereocenters. The Morgan fingerprint density at radius 3 is 3.12 bits per heavy atom. The van der Waals surface area contributed by atoms with E-state index in [9.17, 15) is 0 Å². The predicted octanol–water partition coefficient (Wildman–Crippen LogP) is 2.70. The summed E-state index contributed by atoms with van der Waals surface area (Å²) in [7, 11) is 0. The van der Waals surface area contributed by atoms with Gasteiger partial charge in [0, 0.05) is 25.3 Å². The SMILES string of the molecule is CCCN(CC1CCCN1)c1ncccc1Cl. The highest BCUT2D eigenvalue weighted by molar-refractivity contribution is 6.32. The summed E-state index contributed by atoms with van der Waals surface area (Å²) in [5, 5.41) is 4.27. The van der Waals surface area contributed by atoms with Gasteiger partial charge in [0.1, 0.15) is 5.82 Å². The van der Waals surface area contributed by atoms with Crippen LogP contribution in [-0.4, -0.2) is 30.7 Å². The van der Waals surface area contributed by atoms with Crippen molar-refractivity contribution in [3.05, 3.63) is 23.4 Å². The van der Waals surface area contributed by atoms with Crippen LogP contribution in [0.2, 0.25) is 5.02 Å². The van der Waals surface area contributed by atoms with E-state index in [-0.39, 0.29) is 0 Å². The van der Waals surface area contributed by atoms with E-state index in [2.05, 4.69) is 22.1 Å². The molecule has 2 heterocycles. The lowest BCUT2D eigenvalue weighted by Gasteiger charge is -2.27. The summed E-state index contributed by atoms with van der Waals surface area (Å²) >= 11 is 6.22. The Balaban J connectivity index is 2.08. The van der Waals surface area contributed by atoms with E-state index in [1.54, 1.807) is 0 Å². The van der Waals surface area contributed by atoms with Crippen LogP contribution in [0.3, 0.4) is 0 Å². The first-order valence-electron chi connectivity index (χ1n) is 6.40. The van der Waals surface area contributed by atoms with Crippen LogP contribution in [0.5, 0.6) is 0 Å². The zero-order chi connectivity index (χ0) is 12.1. The topological polar surface area (TPSA) is 28.2 Å². The fraction of sp³-hybridized carbons (Fsp3) is 0.615. The zero-order valence-corrected chi connectivity index (χ0v) is 11.1. The van der Waals surface area contributed by atoms with E-state index in [4.69, 9.17) is 11.6 Å². The molecule has 0 aliphatic carbocycles. The highest BCUT2D eigenvalue weighted by Crippen LogP contribution is 2.23. The lowest BCUT2D eigenvalue weighted by molar-refractivity contribution is 0.575. The molecule has 94 valence electrons. The Labute approximate surface area is 108 Å². The minimum atomic E-state index is 0.583. The zero-order valence-electron chi connectivity index (χ0n) is 10.3. The fourth-order valence-electron chi connectivity index (χ4n) is 2.34. The minimum absolute atomic E-state index is 0.583. The van der Waals surface area contributed by atoms with Gasteiger partial charge in [0.15, 0.2) is 0 Å². The number of nitrogens with one attached hydrogen (secondary N) is 1. The molecule has 1 unspecified atom stereocenters. The van der Waals surface area contributed by atoms with Crippen LogP contribution in [0.4, 0.5) is 5.82 Å². The Morgan fingerprint density at radius 1 is 1.59 bits per heavy atom. The van der Waals surface area contributed by atoms with Crippen molar-refractivity contribution in [2.45, 2.75) is 32.2 Å². The molecule has 17 heavy (non-hydrogen) atoms. The van der Waals surface area contributed by atoms with Crippen LogP contribution in [-0.2, 0) is 0 Å². The van der Waals surface area contributed by atoms with E-state index < -0.39 is 0 Å². The molecule has 1 N–H and O–H groups in total. The number of nitrogens with zero attached hydrogens (tertiary/aromatic N) is 2. The monoisotopic (exact) mass is 253 g/mol. The van der Waals surface area contributed by atoms with Gasteiger partial charge >= 0.3 is 0 Å². The summed E-state index contributed by atoms with van der Waals surface area (Å²) < 4.78 is 0. The first kappa shape index (κ1) is 12.7. The van der Waals surface area contributed by atoms with Gasteiger partial charge in [-0.2, -0.15) is 0 Å². The Hall–Kier alpha value is -0.800. The smallest absolute Gasteiger partial charge is 0.147 e. The number of hydrogen-bond donors (Lipinski definition) is 1. The quantitative estimate of drug-likeness (QED) is 0.875. The summed E-state index contributed by atoms with van der Waals surface area (Å²) in [6.45, 7) is 5.34. The van der Waals surface area contributed by atoms with Gasteiger partial charge in [-0.25, -0.2) is 4.98 Å². The highest BCUT2D eigenvalue weighted by Gasteiger charge is 2.19. The van der Waals surface area contributed by atoms with E-state index in [0.29, 0.717) is 6.04 Å². The summed E-state index contributed by atoms with van der Waals surface area (Å²) in [4.78, 5) is 6.70.